The van der Waals surface area contributed by atoms with E-state index in [0.717, 1.165) is 0 Å². The Hall–Kier alpha value is -2.09. The molecule has 0 aromatic heterocycles. The molecule has 23 heavy (non-hydrogen) atoms. The van der Waals surface area contributed by atoms with Gasteiger partial charge in [0.2, 0.25) is 15.9 Å². The number of carbonyl (C=O) groups is 1. The van der Waals surface area contributed by atoms with Crippen LogP contribution >= 0.6 is 11.6 Å². The summed E-state index contributed by atoms with van der Waals surface area (Å²) in [6.45, 7) is -0.425. The molecule has 0 bridgehead atoms. The standard InChI is InChI=1S/C15H15ClN2O4S/c1-22-13-8-4-3-7-12(13)18-15(19)10-17-23(20,21)14-9-5-2-6-11(14)16/h2-9,17H,10H2,1H3,(H,18,19). The lowest BCUT2D eigenvalue weighted by molar-refractivity contribution is -0.115. The van der Waals surface area contributed by atoms with Crippen molar-refractivity contribution in [2.75, 3.05) is 19.0 Å². The van der Waals surface area contributed by atoms with Crippen molar-refractivity contribution in [3.8, 4) is 5.75 Å². The van der Waals surface area contributed by atoms with Crippen LogP contribution in [0.15, 0.2) is 53.4 Å². The molecule has 0 unspecified atom stereocenters. The van der Waals surface area contributed by atoms with Gasteiger partial charge in [-0.25, -0.2) is 13.1 Å². The van der Waals surface area contributed by atoms with Crippen molar-refractivity contribution in [2.45, 2.75) is 4.90 Å². The predicted molar refractivity (Wildman–Crippen MR) is 88.3 cm³/mol. The topological polar surface area (TPSA) is 84.5 Å². The van der Waals surface area contributed by atoms with Gasteiger partial charge < -0.3 is 10.1 Å². The lowest BCUT2D eigenvalue weighted by Gasteiger charge is -2.11. The third-order valence-electron chi connectivity index (χ3n) is 2.93. The van der Waals surface area contributed by atoms with Gasteiger partial charge in [-0.1, -0.05) is 35.9 Å². The van der Waals surface area contributed by atoms with Gasteiger partial charge >= 0.3 is 0 Å². The molecule has 1 amide bonds. The van der Waals surface area contributed by atoms with Crippen molar-refractivity contribution in [2.24, 2.45) is 0 Å². The molecule has 122 valence electrons. The van der Waals surface area contributed by atoms with Crippen LogP contribution in [0.5, 0.6) is 5.75 Å². The highest BCUT2D eigenvalue weighted by Crippen LogP contribution is 2.23. The van der Waals surface area contributed by atoms with E-state index in [1.165, 1.54) is 19.2 Å². The third-order valence-corrected chi connectivity index (χ3v) is 4.83. The van der Waals surface area contributed by atoms with Crippen molar-refractivity contribution in [3.05, 3.63) is 53.6 Å². The monoisotopic (exact) mass is 354 g/mol. The minimum absolute atomic E-state index is 0.0771. The fraction of sp³-hybridized carbons (Fsp3) is 0.133. The number of rotatable bonds is 6. The highest BCUT2D eigenvalue weighted by atomic mass is 35.5. The number of carbonyl (C=O) groups excluding carboxylic acids is 1. The van der Waals surface area contributed by atoms with Crippen LogP contribution < -0.4 is 14.8 Å². The van der Waals surface area contributed by atoms with E-state index in [1.807, 2.05) is 0 Å². The summed E-state index contributed by atoms with van der Waals surface area (Å²) >= 11 is 5.86. The van der Waals surface area contributed by atoms with Crippen LogP contribution in [-0.2, 0) is 14.8 Å². The van der Waals surface area contributed by atoms with E-state index in [2.05, 4.69) is 10.0 Å². The normalized spacial score (nSPS) is 11.0. The Morgan fingerprint density at radius 2 is 1.78 bits per heavy atom. The Morgan fingerprint density at radius 3 is 2.48 bits per heavy atom. The van der Waals surface area contributed by atoms with E-state index in [9.17, 15) is 13.2 Å². The van der Waals surface area contributed by atoms with Crippen LogP contribution in [0.3, 0.4) is 0 Å². The molecular weight excluding hydrogens is 340 g/mol. The van der Waals surface area contributed by atoms with E-state index in [4.69, 9.17) is 16.3 Å². The average molecular weight is 355 g/mol. The number of amides is 1. The van der Waals surface area contributed by atoms with E-state index in [-0.39, 0.29) is 9.92 Å². The maximum atomic E-state index is 12.1. The smallest absolute Gasteiger partial charge is 0.242 e. The second-order valence-corrected chi connectivity index (χ2v) is 6.65. The van der Waals surface area contributed by atoms with Gasteiger partial charge in [-0.2, -0.15) is 0 Å². The molecule has 0 saturated heterocycles. The molecule has 0 radical (unpaired) electrons. The highest BCUT2D eigenvalue weighted by Gasteiger charge is 2.18. The fourth-order valence-electron chi connectivity index (χ4n) is 1.84. The van der Waals surface area contributed by atoms with E-state index in [0.29, 0.717) is 11.4 Å². The second-order valence-electron chi connectivity index (χ2n) is 4.50. The maximum Gasteiger partial charge on any atom is 0.242 e. The number of sulfonamides is 1. The highest BCUT2D eigenvalue weighted by molar-refractivity contribution is 7.89. The molecule has 6 nitrogen and oxygen atoms in total. The maximum absolute atomic E-state index is 12.1. The molecule has 0 spiro atoms. The van der Waals surface area contributed by atoms with Crippen LogP contribution in [0, 0.1) is 0 Å². The van der Waals surface area contributed by atoms with Crippen molar-refractivity contribution in [3.63, 3.8) is 0 Å². The zero-order valence-corrected chi connectivity index (χ0v) is 13.8. The SMILES string of the molecule is COc1ccccc1NC(=O)CNS(=O)(=O)c1ccccc1Cl. The van der Waals surface area contributed by atoms with Gasteiger partial charge in [0.25, 0.3) is 0 Å². The summed E-state index contributed by atoms with van der Waals surface area (Å²) in [5, 5.41) is 2.66. The first-order chi connectivity index (χ1) is 10.9. The molecule has 0 aliphatic rings. The summed E-state index contributed by atoms with van der Waals surface area (Å²) in [4.78, 5) is 11.8. The van der Waals surface area contributed by atoms with E-state index >= 15 is 0 Å². The van der Waals surface area contributed by atoms with E-state index < -0.39 is 22.5 Å². The van der Waals surface area contributed by atoms with Gasteiger partial charge in [0.15, 0.2) is 0 Å². The van der Waals surface area contributed by atoms with Crippen molar-refractivity contribution in [1.82, 2.24) is 4.72 Å². The molecule has 0 saturated carbocycles. The van der Waals surface area contributed by atoms with Gasteiger partial charge in [-0.15, -0.1) is 0 Å². The predicted octanol–water partition coefficient (Wildman–Crippen LogP) is 2.27. The summed E-state index contributed by atoms with van der Waals surface area (Å²) in [6.07, 6.45) is 0. The summed E-state index contributed by atoms with van der Waals surface area (Å²) in [6, 6.07) is 12.8. The number of methoxy groups -OCH3 is 1. The van der Waals surface area contributed by atoms with Crippen molar-refractivity contribution in [1.29, 1.82) is 0 Å². The lowest BCUT2D eigenvalue weighted by Crippen LogP contribution is -2.33. The summed E-state index contributed by atoms with van der Waals surface area (Å²) in [5.41, 5.74) is 0.456. The molecule has 2 rings (SSSR count). The number of hydrogen-bond donors (Lipinski definition) is 2. The van der Waals surface area contributed by atoms with Gasteiger partial charge in [-0.3, -0.25) is 4.79 Å². The summed E-state index contributed by atoms with van der Waals surface area (Å²) < 4.78 is 31.6. The van der Waals surface area contributed by atoms with Crippen LogP contribution in [0.1, 0.15) is 0 Å². The number of anilines is 1. The molecule has 2 aromatic carbocycles. The number of nitrogens with one attached hydrogen (secondary N) is 2. The molecule has 0 aliphatic carbocycles. The Kier molecular flexibility index (Phi) is 5.59. The third kappa shape index (κ3) is 4.44. The Balaban J connectivity index is 2.03. The summed E-state index contributed by atoms with van der Waals surface area (Å²) in [7, 11) is -2.39. The van der Waals surface area contributed by atoms with Gasteiger partial charge in [0.05, 0.1) is 24.4 Å². The minimum atomic E-state index is -3.87. The van der Waals surface area contributed by atoms with Gasteiger partial charge in [0.1, 0.15) is 10.6 Å². The first kappa shape index (κ1) is 17.3. The van der Waals surface area contributed by atoms with Gasteiger partial charge in [-0.05, 0) is 24.3 Å². The van der Waals surface area contributed by atoms with Gasteiger partial charge in [0, 0.05) is 0 Å². The molecule has 2 N–H and O–H groups in total. The molecule has 0 heterocycles. The van der Waals surface area contributed by atoms with Crippen LogP contribution in [0.4, 0.5) is 5.69 Å². The quantitative estimate of drug-likeness (QED) is 0.833. The van der Waals surface area contributed by atoms with Crippen LogP contribution in [-0.4, -0.2) is 28.0 Å². The number of halogens is 1. The Bertz CT molecular complexity index is 809. The summed E-state index contributed by atoms with van der Waals surface area (Å²) in [5.74, 6) is -0.0417. The molecular formula is C15H15ClN2O4S. The molecule has 0 fully saturated rings. The first-order valence-electron chi connectivity index (χ1n) is 6.61. The fourth-order valence-corrected chi connectivity index (χ4v) is 3.34. The van der Waals surface area contributed by atoms with E-state index in [1.54, 1.807) is 36.4 Å². The Labute approximate surface area is 139 Å². The zero-order valence-electron chi connectivity index (χ0n) is 12.2. The zero-order chi connectivity index (χ0) is 16.9. The van der Waals surface area contributed by atoms with Crippen LogP contribution in [0.25, 0.3) is 0 Å². The largest absolute Gasteiger partial charge is 0.495 e. The Morgan fingerprint density at radius 1 is 1.13 bits per heavy atom. The number of para-hydroxylation sites is 2. The second kappa shape index (κ2) is 7.45. The number of hydrogen-bond acceptors (Lipinski definition) is 4. The van der Waals surface area contributed by atoms with Crippen molar-refractivity contribution >= 4 is 33.2 Å². The number of ether oxygens (including phenoxy) is 1. The number of benzene rings is 2. The first-order valence-corrected chi connectivity index (χ1v) is 8.47. The van der Waals surface area contributed by atoms with Crippen molar-refractivity contribution < 1.29 is 17.9 Å². The molecule has 2 aromatic rings. The molecule has 0 aliphatic heterocycles. The molecule has 8 heteroatoms. The lowest BCUT2D eigenvalue weighted by atomic mass is 10.3. The van der Waals surface area contributed by atoms with Crippen LogP contribution in [0.2, 0.25) is 5.02 Å². The minimum Gasteiger partial charge on any atom is -0.495 e. The molecule has 0 atom stereocenters. The average Bonchev–Trinajstić information content (AvgIpc) is 2.54.